The maximum atomic E-state index is 13.0. The van der Waals surface area contributed by atoms with E-state index in [9.17, 15) is 9.59 Å². The molecule has 1 saturated heterocycles. The maximum absolute atomic E-state index is 13.0. The van der Waals surface area contributed by atoms with Gasteiger partial charge < -0.3 is 19.7 Å². The van der Waals surface area contributed by atoms with Gasteiger partial charge in [0, 0.05) is 43.1 Å². The molecule has 1 heterocycles. The first kappa shape index (κ1) is 20.5. The van der Waals surface area contributed by atoms with Crippen molar-refractivity contribution in [3.63, 3.8) is 0 Å². The van der Waals surface area contributed by atoms with E-state index >= 15 is 0 Å². The highest BCUT2D eigenvalue weighted by Gasteiger charge is 2.44. The van der Waals surface area contributed by atoms with Crippen LogP contribution in [0.4, 0.5) is 0 Å². The van der Waals surface area contributed by atoms with Crippen molar-refractivity contribution in [3.05, 3.63) is 23.8 Å². The number of ether oxygens (including phenoxy) is 2. The number of amides is 2. The van der Waals surface area contributed by atoms with Gasteiger partial charge in [0.1, 0.15) is 11.5 Å². The summed E-state index contributed by atoms with van der Waals surface area (Å²) in [5.74, 6) is 1.97. The van der Waals surface area contributed by atoms with Crippen LogP contribution in [0.3, 0.4) is 0 Å². The molecule has 1 saturated carbocycles. The molecule has 154 valence electrons. The highest BCUT2D eigenvalue weighted by atomic mass is 16.5. The lowest BCUT2D eigenvalue weighted by atomic mass is 9.87. The van der Waals surface area contributed by atoms with Crippen LogP contribution in [0.2, 0.25) is 0 Å². The largest absolute Gasteiger partial charge is 0.497 e. The summed E-state index contributed by atoms with van der Waals surface area (Å²) in [6, 6.07) is 5.69. The SMILES string of the molecule is COc1ccc([C@@H]2CN(C(=O)C3CC3)C[C@H]2C(=O)NCCC(C)C)c(OC)c1. The Morgan fingerprint density at radius 3 is 2.54 bits per heavy atom. The van der Waals surface area contributed by atoms with Gasteiger partial charge in [-0.3, -0.25) is 9.59 Å². The van der Waals surface area contributed by atoms with E-state index in [0.29, 0.717) is 37.1 Å². The first-order chi connectivity index (χ1) is 13.4. The Kier molecular flexibility index (Phi) is 6.47. The summed E-state index contributed by atoms with van der Waals surface area (Å²) in [6.07, 6.45) is 2.88. The van der Waals surface area contributed by atoms with Crippen LogP contribution >= 0.6 is 0 Å². The van der Waals surface area contributed by atoms with Gasteiger partial charge in [-0.2, -0.15) is 0 Å². The monoisotopic (exact) mass is 388 g/mol. The van der Waals surface area contributed by atoms with Crippen LogP contribution in [0.25, 0.3) is 0 Å². The Morgan fingerprint density at radius 1 is 1.18 bits per heavy atom. The summed E-state index contributed by atoms with van der Waals surface area (Å²) < 4.78 is 10.9. The van der Waals surface area contributed by atoms with E-state index in [0.717, 1.165) is 24.8 Å². The third kappa shape index (κ3) is 4.59. The molecule has 0 bridgehead atoms. The van der Waals surface area contributed by atoms with Gasteiger partial charge in [-0.1, -0.05) is 19.9 Å². The van der Waals surface area contributed by atoms with Crippen LogP contribution < -0.4 is 14.8 Å². The van der Waals surface area contributed by atoms with E-state index in [1.165, 1.54) is 0 Å². The Bertz CT molecular complexity index is 714. The van der Waals surface area contributed by atoms with E-state index in [-0.39, 0.29) is 29.6 Å². The average molecular weight is 389 g/mol. The third-order valence-electron chi connectivity index (χ3n) is 5.76. The summed E-state index contributed by atoms with van der Waals surface area (Å²) >= 11 is 0. The predicted octanol–water partition coefficient (Wildman–Crippen LogP) is 2.82. The molecule has 2 fully saturated rings. The minimum Gasteiger partial charge on any atom is -0.497 e. The van der Waals surface area contributed by atoms with Gasteiger partial charge in [0.25, 0.3) is 0 Å². The molecule has 0 spiro atoms. The molecule has 1 N–H and O–H groups in total. The zero-order chi connectivity index (χ0) is 20.3. The molecule has 1 aliphatic heterocycles. The molecule has 6 heteroatoms. The molecule has 3 rings (SSSR count). The summed E-state index contributed by atoms with van der Waals surface area (Å²) in [5.41, 5.74) is 0.957. The van der Waals surface area contributed by atoms with Crippen molar-refractivity contribution < 1.29 is 19.1 Å². The van der Waals surface area contributed by atoms with Crippen molar-refractivity contribution in [1.29, 1.82) is 0 Å². The Balaban J connectivity index is 1.82. The molecule has 1 aromatic carbocycles. The quantitative estimate of drug-likeness (QED) is 0.744. The number of likely N-dealkylation sites (tertiary alicyclic amines) is 1. The fraction of sp³-hybridized carbons (Fsp3) is 0.636. The zero-order valence-electron chi connectivity index (χ0n) is 17.4. The van der Waals surface area contributed by atoms with Crippen molar-refractivity contribution in [2.24, 2.45) is 17.8 Å². The van der Waals surface area contributed by atoms with E-state index in [1.54, 1.807) is 14.2 Å². The van der Waals surface area contributed by atoms with Gasteiger partial charge in [0.15, 0.2) is 0 Å². The maximum Gasteiger partial charge on any atom is 0.225 e. The van der Waals surface area contributed by atoms with Crippen LogP contribution in [-0.4, -0.2) is 50.6 Å². The first-order valence-electron chi connectivity index (χ1n) is 10.2. The van der Waals surface area contributed by atoms with E-state index < -0.39 is 0 Å². The van der Waals surface area contributed by atoms with Crippen LogP contribution in [0.15, 0.2) is 18.2 Å². The summed E-state index contributed by atoms with van der Waals surface area (Å²) in [4.78, 5) is 27.5. The number of methoxy groups -OCH3 is 2. The Morgan fingerprint density at radius 2 is 1.93 bits per heavy atom. The van der Waals surface area contributed by atoms with Crippen molar-refractivity contribution in [3.8, 4) is 11.5 Å². The lowest BCUT2D eigenvalue weighted by molar-refractivity contribution is -0.132. The van der Waals surface area contributed by atoms with Crippen LogP contribution in [0.1, 0.15) is 44.6 Å². The number of carbonyl (C=O) groups excluding carboxylic acids is 2. The minimum absolute atomic E-state index is 0.0228. The third-order valence-corrected chi connectivity index (χ3v) is 5.76. The van der Waals surface area contributed by atoms with Crippen molar-refractivity contribution in [2.45, 2.75) is 39.0 Å². The van der Waals surface area contributed by atoms with Gasteiger partial charge in [-0.05, 0) is 31.2 Å². The Hall–Kier alpha value is -2.24. The topological polar surface area (TPSA) is 67.9 Å². The number of hydrogen-bond acceptors (Lipinski definition) is 4. The van der Waals surface area contributed by atoms with Gasteiger partial charge in [0.2, 0.25) is 11.8 Å². The van der Waals surface area contributed by atoms with Crippen LogP contribution in [0.5, 0.6) is 11.5 Å². The van der Waals surface area contributed by atoms with Gasteiger partial charge >= 0.3 is 0 Å². The highest BCUT2D eigenvalue weighted by Crippen LogP contribution is 2.41. The number of hydrogen-bond donors (Lipinski definition) is 1. The number of nitrogens with one attached hydrogen (secondary N) is 1. The van der Waals surface area contributed by atoms with Crippen LogP contribution in [0, 0.1) is 17.8 Å². The fourth-order valence-electron chi connectivity index (χ4n) is 3.89. The standard InChI is InChI=1S/C22H32N2O4/c1-14(2)9-10-23-21(25)19-13-24(22(26)15-5-6-15)12-18(19)17-8-7-16(27-3)11-20(17)28-4/h7-8,11,14-15,18-19H,5-6,9-10,12-13H2,1-4H3,(H,23,25)/t18-,19+/m0/s1. The molecule has 0 radical (unpaired) electrons. The molecular formula is C22H32N2O4. The number of carbonyl (C=O) groups is 2. The van der Waals surface area contributed by atoms with Gasteiger partial charge in [-0.25, -0.2) is 0 Å². The van der Waals surface area contributed by atoms with E-state index in [1.807, 2.05) is 23.1 Å². The molecule has 1 aromatic rings. The fourth-order valence-corrected chi connectivity index (χ4v) is 3.89. The molecule has 2 atom stereocenters. The van der Waals surface area contributed by atoms with Gasteiger partial charge in [-0.15, -0.1) is 0 Å². The predicted molar refractivity (Wildman–Crippen MR) is 108 cm³/mol. The molecule has 2 amide bonds. The molecule has 0 unspecified atom stereocenters. The summed E-state index contributed by atoms with van der Waals surface area (Å²) in [6.45, 7) is 5.98. The van der Waals surface area contributed by atoms with Crippen LogP contribution in [-0.2, 0) is 9.59 Å². The van der Waals surface area contributed by atoms with Crippen molar-refractivity contribution in [1.82, 2.24) is 10.2 Å². The molecular weight excluding hydrogens is 356 g/mol. The van der Waals surface area contributed by atoms with Crippen molar-refractivity contribution in [2.75, 3.05) is 33.9 Å². The highest BCUT2D eigenvalue weighted by molar-refractivity contribution is 5.85. The zero-order valence-corrected chi connectivity index (χ0v) is 17.4. The van der Waals surface area contributed by atoms with E-state index in [2.05, 4.69) is 19.2 Å². The molecule has 0 aromatic heterocycles. The Labute approximate surface area is 167 Å². The lowest BCUT2D eigenvalue weighted by Gasteiger charge is -2.21. The molecule has 6 nitrogen and oxygen atoms in total. The number of rotatable bonds is 8. The second-order valence-corrected chi connectivity index (χ2v) is 8.31. The minimum atomic E-state index is -0.267. The normalized spacial score (nSPS) is 21.7. The van der Waals surface area contributed by atoms with Gasteiger partial charge in [0.05, 0.1) is 20.1 Å². The smallest absolute Gasteiger partial charge is 0.225 e. The molecule has 28 heavy (non-hydrogen) atoms. The summed E-state index contributed by atoms with van der Waals surface area (Å²) in [7, 11) is 3.24. The molecule has 2 aliphatic rings. The number of nitrogens with zero attached hydrogens (tertiary/aromatic N) is 1. The van der Waals surface area contributed by atoms with Crippen molar-refractivity contribution >= 4 is 11.8 Å². The lowest BCUT2D eigenvalue weighted by Crippen LogP contribution is -2.36. The second kappa shape index (κ2) is 8.84. The van der Waals surface area contributed by atoms with E-state index in [4.69, 9.17) is 9.47 Å². The molecule has 1 aliphatic carbocycles. The first-order valence-corrected chi connectivity index (χ1v) is 10.2. The average Bonchev–Trinajstić information content (AvgIpc) is 3.44. The summed E-state index contributed by atoms with van der Waals surface area (Å²) in [5, 5.41) is 3.08. The second-order valence-electron chi connectivity index (χ2n) is 8.31. The number of benzene rings is 1.